The lowest BCUT2D eigenvalue weighted by Crippen LogP contribution is -2.32. The molecule has 1 aliphatic carbocycles. The molecule has 0 bridgehead atoms. The molecule has 0 saturated heterocycles. The van der Waals surface area contributed by atoms with E-state index in [1.165, 1.54) is 12.4 Å². The highest BCUT2D eigenvalue weighted by Gasteiger charge is 2.19. The Morgan fingerprint density at radius 3 is 2.46 bits per heavy atom. The number of rotatable bonds is 4. The normalized spacial score (nSPS) is 14.4. The van der Waals surface area contributed by atoms with Gasteiger partial charge < -0.3 is 10.6 Å². The summed E-state index contributed by atoms with van der Waals surface area (Å²) < 4.78 is 0. The fraction of sp³-hybridized carbons (Fsp3) is 0.316. The van der Waals surface area contributed by atoms with Gasteiger partial charge in [0.15, 0.2) is 0 Å². The summed E-state index contributed by atoms with van der Waals surface area (Å²) >= 11 is 0. The number of hydrogen-bond acceptors (Lipinski definition) is 3. The van der Waals surface area contributed by atoms with Gasteiger partial charge in [-0.1, -0.05) is 25.0 Å². The maximum absolute atomic E-state index is 12.4. The fourth-order valence-electron chi connectivity index (χ4n) is 2.95. The summed E-state index contributed by atoms with van der Waals surface area (Å²) in [4.78, 5) is 28.7. The number of nitrogens with zero attached hydrogens (tertiary/aromatic N) is 1. The van der Waals surface area contributed by atoms with E-state index >= 15 is 0 Å². The monoisotopic (exact) mass is 323 g/mol. The van der Waals surface area contributed by atoms with Crippen LogP contribution < -0.4 is 10.6 Å². The molecule has 1 fully saturated rings. The minimum atomic E-state index is -0.274. The minimum absolute atomic E-state index is 0.167. The second-order valence-corrected chi connectivity index (χ2v) is 6.24. The predicted molar refractivity (Wildman–Crippen MR) is 93.1 cm³/mol. The summed E-state index contributed by atoms with van der Waals surface area (Å²) in [6.07, 6.45) is 7.31. The summed E-state index contributed by atoms with van der Waals surface area (Å²) in [5, 5.41) is 5.84. The third kappa shape index (κ3) is 3.98. The van der Waals surface area contributed by atoms with Crippen LogP contribution in [-0.2, 0) is 0 Å². The number of anilines is 1. The van der Waals surface area contributed by atoms with Crippen LogP contribution in [-0.4, -0.2) is 22.8 Å². The van der Waals surface area contributed by atoms with E-state index in [1.807, 2.05) is 31.2 Å². The summed E-state index contributed by atoms with van der Waals surface area (Å²) in [6.45, 7) is 1.96. The van der Waals surface area contributed by atoms with E-state index in [0.29, 0.717) is 11.1 Å². The molecule has 0 unspecified atom stereocenters. The quantitative estimate of drug-likeness (QED) is 0.907. The molecular formula is C19H21N3O2. The van der Waals surface area contributed by atoms with Crippen molar-refractivity contribution in [3.63, 3.8) is 0 Å². The van der Waals surface area contributed by atoms with Crippen LogP contribution in [0.2, 0.25) is 0 Å². The Bertz CT molecular complexity index is 752. The molecule has 2 amide bonds. The van der Waals surface area contributed by atoms with E-state index in [0.717, 1.165) is 36.9 Å². The number of pyridine rings is 1. The second-order valence-electron chi connectivity index (χ2n) is 6.24. The highest BCUT2D eigenvalue weighted by Crippen LogP contribution is 2.18. The number of benzene rings is 1. The first kappa shape index (κ1) is 16.2. The molecule has 0 aliphatic heterocycles. The van der Waals surface area contributed by atoms with Gasteiger partial charge in [-0.25, -0.2) is 0 Å². The van der Waals surface area contributed by atoms with Crippen molar-refractivity contribution in [2.24, 2.45) is 0 Å². The Balaban J connectivity index is 1.69. The highest BCUT2D eigenvalue weighted by atomic mass is 16.2. The molecule has 3 rings (SSSR count). The zero-order valence-corrected chi connectivity index (χ0v) is 13.7. The molecule has 1 aromatic heterocycles. The van der Waals surface area contributed by atoms with Crippen molar-refractivity contribution in [1.82, 2.24) is 10.3 Å². The predicted octanol–water partition coefficient (Wildman–Crippen LogP) is 3.31. The van der Waals surface area contributed by atoms with Crippen LogP contribution in [0.25, 0.3) is 0 Å². The van der Waals surface area contributed by atoms with E-state index in [1.54, 1.807) is 6.07 Å². The van der Waals surface area contributed by atoms with Gasteiger partial charge in [0.1, 0.15) is 0 Å². The number of carbonyl (C=O) groups is 2. The molecule has 5 heteroatoms. The lowest BCUT2D eigenvalue weighted by molar-refractivity contribution is 0.0937. The lowest BCUT2D eigenvalue weighted by atomic mass is 10.1. The molecule has 1 saturated carbocycles. The van der Waals surface area contributed by atoms with Crippen LogP contribution >= 0.6 is 0 Å². The Labute approximate surface area is 141 Å². The Hall–Kier alpha value is -2.69. The van der Waals surface area contributed by atoms with Crippen molar-refractivity contribution < 1.29 is 9.59 Å². The van der Waals surface area contributed by atoms with Crippen LogP contribution in [0.4, 0.5) is 5.69 Å². The molecule has 1 heterocycles. The fourth-order valence-corrected chi connectivity index (χ4v) is 2.95. The molecular weight excluding hydrogens is 302 g/mol. The first-order valence-corrected chi connectivity index (χ1v) is 8.26. The first-order chi connectivity index (χ1) is 11.6. The van der Waals surface area contributed by atoms with Crippen molar-refractivity contribution in [2.45, 2.75) is 38.6 Å². The molecule has 0 radical (unpaired) electrons. The van der Waals surface area contributed by atoms with Gasteiger partial charge >= 0.3 is 0 Å². The second kappa shape index (κ2) is 7.25. The van der Waals surface area contributed by atoms with Crippen LogP contribution in [0.1, 0.15) is 52.0 Å². The number of aryl methyl sites for hydroxylation is 1. The molecule has 1 aliphatic rings. The van der Waals surface area contributed by atoms with E-state index in [4.69, 9.17) is 0 Å². The van der Waals surface area contributed by atoms with E-state index in [2.05, 4.69) is 15.6 Å². The molecule has 0 spiro atoms. The minimum Gasteiger partial charge on any atom is -0.349 e. The molecule has 1 aromatic carbocycles. The third-order valence-corrected chi connectivity index (χ3v) is 4.23. The molecule has 2 N–H and O–H groups in total. The maximum atomic E-state index is 12.4. The van der Waals surface area contributed by atoms with Gasteiger partial charge in [0, 0.05) is 24.1 Å². The number of aromatic nitrogens is 1. The van der Waals surface area contributed by atoms with Crippen LogP contribution in [0.5, 0.6) is 0 Å². The molecule has 2 aromatic rings. The van der Waals surface area contributed by atoms with Gasteiger partial charge in [0.2, 0.25) is 0 Å². The van der Waals surface area contributed by atoms with Crippen molar-refractivity contribution >= 4 is 17.5 Å². The standard InChI is InChI=1S/C19H21N3O2/c1-13-5-4-8-17(9-13)22-19(24)15-10-14(11-20-12-15)18(23)21-16-6-2-3-7-16/h4-5,8-12,16H,2-3,6-7H2,1H3,(H,21,23)(H,22,24). The van der Waals surface area contributed by atoms with E-state index in [9.17, 15) is 9.59 Å². The van der Waals surface area contributed by atoms with Crippen molar-refractivity contribution in [3.05, 3.63) is 59.4 Å². The van der Waals surface area contributed by atoms with Crippen molar-refractivity contribution in [3.8, 4) is 0 Å². The smallest absolute Gasteiger partial charge is 0.257 e. The number of carbonyl (C=O) groups excluding carboxylic acids is 2. The van der Waals surface area contributed by atoms with Crippen molar-refractivity contribution in [1.29, 1.82) is 0 Å². The highest BCUT2D eigenvalue weighted by molar-refractivity contribution is 6.05. The maximum Gasteiger partial charge on any atom is 0.257 e. The van der Waals surface area contributed by atoms with Gasteiger partial charge in [0.05, 0.1) is 11.1 Å². The largest absolute Gasteiger partial charge is 0.349 e. The number of hydrogen-bond donors (Lipinski definition) is 2. The molecule has 0 atom stereocenters. The van der Waals surface area contributed by atoms with Gasteiger partial charge in [-0.2, -0.15) is 0 Å². The zero-order valence-electron chi connectivity index (χ0n) is 13.7. The average molecular weight is 323 g/mol. The van der Waals surface area contributed by atoms with Gasteiger partial charge in [0.25, 0.3) is 11.8 Å². The molecule has 5 nitrogen and oxygen atoms in total. The van der Waals surface area contributed by atoms with Gasteiger partial charge in [-0.15, -0.1) is 0 Å². The van der Waals surface area contributed by atoms with Gasteiger partial charge in [-0.05, 0) is 43.5 Å². The summed E-state index contributed by atoms with van der Waals surface area (Å²) in [5.41, 5.74) is 2.57. The Morgan fingerprint density at radius 2 is 1.75 bits per heavy atom. The molecule has 124 valence electrons. The lowest BCUT2D eigenvalue weighted by Gasteiger charge is -2.12. The first-order valence-electron chi connectivity index (χ1n) is 8.26. The van der Waals surface area contributed by atoms with E-state index in [-0.39, 0.29) is 17.9 Å². The van der Waals surface area contributed by atoms with Crippen LogP contribution in [0, 0.1) is 6.92 Å². The average Bonchev–Trinajstić information content (AvgIpc) is 3.08. The van der Waals surface area contributed by atoms with Crippen LogP contribution in [0.15, 0.2) is 42.7 Å². The third-order valence-electron chi connectivity index (χ3n) is 4.23. The Morgan fingerprint density at radius 1 is 1.04 bits per heavy atom. The topological polar surface area (TPSA) is 71.1 Å². The van der Waals surface area contributed by atoms with E-state index < -0.39 is 0 Å². The summed E-state index contributed by atoms with van der Waals surface area (Å²) in [5.74, 6) is -0.441. The van der Waals surface area contributed by atoms with Crippen molar-refractivity contribution in [2.75, 3.05) is 5.32 Å². The number of nitrogens with one attached hydrogen (secondary N) is 2. The SMILES string of the molecule is Cc1cccc(NC(=O)c2cncc(C(=O)NC3CCCC3)c2)c1. The summed E-state index contributed by atoms with van der Waals surface area (Å²) in [7, 11) is 0. The Kier molecular flexibility index (Phi) is 4.89. The number of amides is 2. The van der Waals surface area contributed by atoms with Gasteiger partial charge in [-0.3, -0.25) is 14.6 Å². The zero-order chi connectivity index (χ0) is 16.9. The van der Waals surface area contributed by atoms with Crippen LogP contribution in [0.3, 0.4) is 0 Å². The summed E-state index contributed by atoms with van der Waals surface area (Å²) in [6, 6.07) is 9.39. The molecule has 24 heavy (non-hydrogen) atoms.